The Kier molecular flexibility index (Phi) is 4.00. The van der Waals surface area contributed by atoms with Crippen LogP contribution in [-0.4, -0.2) is 33.9 Å². The van der Waals surface area contributed by atoms with Crippen LogP contribution in [0.25, 0.3) is 0 Å². The first-order chi connectivity index (χ1) is 7.79. The first kappa shape index (κ1) is 13.8. The summed E-state index contributed by atoms with van der Waals surface area (Å²) in [7, 11) is 1.08. The van der Waals surface area contributed by atoms with Crippen LogP contribution in [0, 0.1) is 13.8 Å². The number of ether oxygens (including phenoxy) is 1. The van der Waals surface area contributed by atoms with Gasteiger partial charge in [0.15, 0.2) is 0 Å². The minimum Gasteiger partial charge on any atom is -0.496 e. The predicted molar refractivity (Wildman–Crippen MR) is 68.7 cm³/mol. The largest absolute Gasteiger partial charge is 0.496 e. The lowest BCUT2D eigenvalue weighted by Crippen LogP contribution is -2.29. The number of nitrogens with one attached hydrogen (secondary N) is 1. The molecule has 0 amide bonds. The van der Waals surface area contributed by atoms with Crippen LogP contribution in [0.4, 0.5) is 5.69 Å². The normalized spacial score (nSPS) is 11.6. The molecular weight excluding hydrogens is 240 g/mol. The third-order valence-corrected chi connectivity index (χ3v) is 4.12. The number of rotatable bonds is 4. The number of hydrogen-bond donors (Lipinski definition) is 1. The fraction of sp³-hybridized carbons (Fsp3) is 0.455. The number of methoxy groups -OCH3 is 1. The average molecular weight is 258 g/mol. The molecular formula is C11H18N2O3S. The summed E-state index contributed by atoms with van der Waals surface area (Å²) in [5.41, 5.74) is 2.35. The van der Waals surface area contributed by atoms with Crippen LogP contribution in [0.1, 0.15) is 11.1 Å². The van der Waals surface area contributed by atoms with E-state index in [9.17, 15) is 8.42 Å². The number of hydrogen-bond acceptors (Lipinski definition) is 3. The van der Waals surface area contributed by atoms with Crippen molar-refractivity contribution in [2.45, 2.75) is 13.8 Å². The maximum atomic E-state index is 11.7. The van der Waals surface area contributed by atoms with E-state index >= 15 is 0 Å². The van der Waals surface area contributed by atoms with E-state index in [1.54, 1.807) is 19.2 Å². The van der Waals surface area contributed by atoms with E-state index in [0.29, 0.717) is 5.69 Å². The molecule has 1 aromatic rings. The predicted octanol–water partition coefficient (Wildman–Crippen LogP) is 1.53. The standard InChI is InChI=1S/C11H18N2O3S/c1-8-9(2)11(16-5)7-6-10(8)12-17(14,15)13(3)4/h6-7,12H,1-5H3. The Labute approximate surface area is 103 Å². The molecule has 0 aliphatic rings. The van der Waals surface area contributed by atoms with Crippen LogP contribution in [0.2, 0.25) is 0 Å². The fourth-order valence-corrected chi connectivity index (χ4v) is 2.04. The lowest BCUT2D eigenvalue weighted by molar-refractivity contribution is 0.411. The van der Waals surface area contributed by atoms with Crippen molar-refractivity contribution in [3.63, 3.8) is 0 Å². The highest BCUT2D eigenvalue weighted by Crippen LogP contribution is 2.27. The van der Waals surface area contributed by atoms with Gasteiger partial charge in [-0.05, 0) is 37.1 Å². The van der Waals surface area contributed by atoms with Gasteiger partial charge in [0.05, 0.1) is 12.8 Å². The Morgan fingerprint density at radius 3 is 2.24 bits per heavy atom. The Balaban J connectivity index is 3.14. The molecule has 0 heterocycles. The summed E-state index contributed by atoms with van der Waals surface area (Å²) in [6.45, 7) is 3.74. The molecule has 0 unspecified atom stereocenters. The zero-order valence-corrected chi connectivity index (χ0v) is 11.6. The van der Waals surface area contributed by atoms with Crippen LogP contribution in [0.3, 0.4) is 0 Å². The molecule has 0 atom stereocenters. The Bertz CT molecular complexity index is 510. The molecule has 0 spiro atoms. The lowest BCUT2D eigenvalue weighted by Gasteiger charge is -2.17. The number of nitrogens with zero attached hydrogens (tertiary/aromatic N) is 1. The zero-order chi connectivity index (χ0) is 13.2. The van der Waals surface area contributed by atoms with Crippen molar-refractivity contribution in [2.24, 2.45) is 0 Å². The summed E-state index contributed by atoms with van der Waals surface area (Å²) in [5.74, 6) is 0.746. The SMILES string of the molecule is COc1ccc(NS(=O)(=O)N(C)C)c(C)c1C. The molecule has 0 fully saturated rings. The molecule has 0 aromatic heterocycles. The molecule has 0 bridgehead atoms. The Morgan fingerprint density at radius 1 is 1.18 bits per heavy atom. The van der Waals surface area contributed by atoms with Crippen molar-refractivity contribution in [1.29, 1.82) is 0 Å². The van der Waals surface area contributed by atoms with Crippen molar-refractivity contribution in [1.82, 2.24) is 4.31 Å². The summed E-state index contributed by atoms with van der Waals surface area (Å²) < 4.78 is 32.2. The molecule has 0 aliphatic carbocycles. The second kappa shape index (κ2) is 4.93. The third-order valence-electron chi connectivity index (χ3n) is 2.68. The van der Waals surface area contributed by atoms with Crippen molar-refractivity contribution in [3.05, 3.63) is 23.3 Å². The highest BCUT2D eigenvalue weighted by molar-refractivity contribution is 7.90. The Hall–Kier alpha value is -1.27. The summed E-state index contributed by atoms with van der Waals surface area (Å²) in [5, 5.41) is 0. The second-order valence-corrected chi connectivity index (χ2v) is 5.84. The van der Waals surface area contributed by atoms with E-state index in [0.717, 1.165) is 21.2 Å². The van der Waals surface area contributed by atoms with Gasteiger partial charge in [-0.25, -0.2) is 0 Å². The van der Waals surface area contributed by atoms with Crippen LogP contribution in [-0.2, 0) is 10.2 Å². The highest BCUT2D eigenvalue weighted by Gasteiger charge is 2.15. The summed E-state index contributed by atoms with van der Waals surface area (Å²) in [6.07, 6.45) is 0. The quantitative estimate of drug-likeness (QED) is 0.891. The molecule has 1 aromatic carbocycles. The van der Waals surface area contributed by atoms with Crippen LogP contribution >= 0.6 is 0 Å². The molecule has 6 heteroatoms. The number of anilines is 1. The average Bonchev–Trinajstić information content (AvgIpc) is 2.25. The van der Waals surface area contributed by atoms with Crippen molar-refractivity contribution in [3.8, 4) is 5.75 Å². The lowest BCUT2D eigenvalue weighted by atomic mass is 10.1. The van der Waals surface area contributed by atoms with Gasteiger partial charge >= 0.3 is 10.2 Å². The topological polar surface area (TPSA) is 58.6 Å². The first-order valence-electron chi connectivity index (χ1n) is 5.14. The van der Waals surface area contributed by atoms with Gasteiger partial charge in [-0.2, -0.15) is 12.7 Å². The molecule has 1 rings (SSSR count). The van der Waals surface area contributed by atoms with Gasteiger partial charge in [-0.1, -0.05) is 0 Å². The van der Waals surface area contributed by atoms with E-state index in [1.807, 2.05) is 13.8 Å². The van der Waals surface area contributed by atoms with E-state index in [-0.39, 0.29) is 0 Å². The summed E-state index contributed by atoms with van der Waals surface area (Å²) in [6, 6.07) is 3.44. The maximum absolute atomic E-state index is 11.7. The van der Waals surface area contributed by atoms with Gasteiger partial charge in [-0.3, -0.25) is 4.72 Å². The molecule has 0 saturated carbocycles. The van der Waals surface area contributed by atoms with Crippen molar-refractivity contribution < 1.29 is 13.2 Å². The van der Waals surface area contributed by atoms with Gasteiger partial charge in [0.1, 0.15) is 5.75 Å². The van der Waals surface area contributed by atoms with Crippen molar-refractivity contribution in [2.75, 3.05) is 25.9 Å². The van der Waals surface area contributed by atoms with Gasteiger partial charge in [0.2, 0.25) is 0 Å². The number of benzene rings is 1. The van der Waals surface area contributed by atoms with Crippen molar-refractivity contribution >= 4 is 15.9 Å². The summed E-state index contributed by atoms with van der Waals surface area (Å²) in [4.78, 5) is 0. The van der Waals surface area contributed by atoms with E-state index in [2.05, 4.69) is 4.72 Å². The molecule has 0 aliphatic heterocycles. The fourth-order valence-electron chi connectivity index (χ4n) is 1.36. The monoisotopic (exact) mass is 258 g/mol. The maximum Gasteiger partial charge on any atom is 0.301 e. The molecule has 1 N–H and O–H groups in total. The van der Waals surface area contributed by atoms with E-state index < -0.39 is 10.2 Å². The van der Waals surface area contributed by atoms with Gasteiger partial charge in [0, 0.05) is 14.1 Å². The van der Waals surface area contributed by atoms with Gasteiger partial charge in [0.25, 0.3) is 0 Å². The smallest absolute Gasteiger partial charge is 0.301 e. The van der Waals surface area contributed by atoms with E-state index in [1.165, 1.54) is 14.1 Å². The van der Waals surface area contributed by atoms with E-state index in [4.69, 9.17) is 4.74 Å². The van der Waals surface area contributed by atoms with Crippen LogP contribution in [0.15, 0.2) is 12.1 Å². The minimum absolute atomic E-state index is 0.567. The Morgan fingerprint density at radius 2 is 1.76 bits per heavy atom. The zero-order valence-electron chi connectivity index (χ0n) is 10.7. The van der Waals surface area contributed by atoms with Gasteiger partial charge < -0.3 is 4.74 Å². The van der Waals surface area contributed by atoms with Crippen LogP contribution in [0.5, 0.6) is 5.75 Å². The molecule has 5 nitrogen and oxygen atoms in total. The highest BCUT2D eigenvalue weighted by atomic mass is 32.2. The third kappa shape index (κ3) is 2.89. The second-order valence-electron chi connectivity index (χ2n) is 3.95. The van der Waals surface area contributed by atoms with Gasteiger partial charge in [-0.15, -0.1) is 0 Å². The molecule has 0 radical (unpaired) electrons. The minimum atomic E-state index is -3.47. The summed E-state index contributed by atoms with van der Waals surface area (Å²) >= 11 is 0. The first-order valence-corrected chi connectivity index (χ1v) is 6.58. The molecule has 17 heavy (non-hydrogen) atoms. The molecule has 96 valence electrons. The molecule has 0 saturated heterocycles. The van der Waals surface area contributed by atoms with Crippen LogP contribution < -0.4 is 9.46 Å².